The number of H-pyrrole nitrogens is 1. The van der Waals surface area contributed by atoms with E-state index in [1.807, 2.05) is 24.3 Å². The van der Waals surface area contributed by atoms with Gasteiger partial charge in [0.15, 0.2) is 0 Å². The molecular formula is C11H10N2O2. The average molecular weight is 202 g/mol. The van der Waals surface area contributed by atoms with Gasteiger partial charge in [0, 0.05) is 18.0 Å². The van der Waals surface area contributed by atoms with Gasteiger partial charge in [-0.05, 0) is 6.07 Å². The van der Waals surface area contributed by atoms with E-state index in [-0.39, 0.29) is 11.7 Å². The number of ether oxygens (including phenoxy) is 1. The standard InChI is InChI=1S/C11H10N2O2/c14-11-12-5-6-13(11)9-7-15-10-4-2-1-3-8(9)10/h1-6,9H,7H2,(H,12,14). The maximum atomic E-state index is 11.5. The summed E-state index contributed by atoms with van der Waals surface area (Å²) in [6.45, 7) is 0.525. The lowest BCUT2D eigenvalue weighted by atomic mass is 10.1. The summed E-state index contributed by atoms with van der Waals surface area (Å²) in [5, 5.41) is 0. The number of rotatable bonds is 1. The monoisotopic (exact) mass is 202 g/mol. The number of hydrogen-bond acceptors (Lipinski definition) is 2. The number of benzene rings is 1. The molecule has 2 heterocycles. The predicted octanol–water partition coefficient (Wildman–Crippen LogP) is 1.16. The molecule has 0 aliphatic carbocycles. The van der Waals surface area contributed by atoms with E-state index >= 15 is 0 Å². The van der Waals surface area contributed by atoms with Gasteiger partial charge >= 0.3 is 5.69 Å². The minimum atomic E-state index is -0.0969. The van der Waals surface area contributed by atoms with Crippen molar-refractivity contribution in [2.45, 2.75) is 6.04 Å². The lowest BCUT2D eigenvalue weighted by Crippen LogP contribution is -2.23. The number of nitrogens with zero attached hydrogens (tertiary/aromatic N) is 1. The van der Waals surface area contributed by atoms with Crippen molar-refractivity contribution in [2.75, 3.05) is 6.61 Å². The highest BCUT2D eigenvalue weighted by Crippen LogP contribution is 2.33. The summed E-state index contributed by atoms with van der Waals surface area (Å²) in [6, 6.07) is 7.80. The van der Waals surface area contributed by atoms with Crippen LogP contribution in [-0.2, 0) is 0 Å². The van der Waals surface area contributed by atoms with Crippen LogP contribution in [0.1, 0.15) is 11.6 Å². The third-order valence-electron chi connectivity index (χ3n) is 2.69. The number of fused-ring (bicyclic) bond motifs is 1. The molecule has 1 aliphatic rings. The van der Waals surface area contributed by atoms with Crippen molar-refractivity contribution < 1.29 is 4.74 Å². The Kier molecular flexibility index (Phi) is 1.68. The Balaban J connectivity index is 2.12. The Bertz CT molecular complexity index is 541. The van der Waals surface area contributed by atoms with Gasteiger partial charge in [0.1, 0.15) is 18.4 Å². The van der Waals surface area contributed by atoms with E-state index in [9.17, 15) is 4.79 Å². The molecule has 4 nitrogen and oxygen atoms in total. The second kappa shape index (κ2) is 3.02. The summed E-state index contributed by atoms with van der Waals surface area (Å²) in [7, 11) is 0. The maximum absolute atomic E-state index is 11.5. The van der Waals surface area contributed by atoms with Crippen molar-refractivity contribution in [2.24, 2.45) is 0 Å². The predicted molar refractivity (Wildman–Crippen MR) is 55.1 cm³/mol. The van der Waals surface area contributed by atoms with Crippen molar-refractivity contribution in [1.29, 1.82) is 0 Å². The molecule has 1 aromatic carbocycles. The molecule has 1 aromatic heterocycles. The van der Waals surface area contributed by atoms with Gasteiger partial charge in [0.2, 0.25) is 0 Å². The SMILES string of the molecule is O=c1[nH]ccn1C1COc2ccccc21. The van der Waals surface area contributed by atoms with Gasteiger partial charge in [0.25, 0.3) is 0 Å². The molecule has 0 saturated carbocycles. The van der Waals surface area contributed by atoms with E-state index in [0.29, 0.717) is 6.61 Å². The van der Waals surface area contributed by atoms with Gasteiger partial charge in [-0.25, -0.2) is 4.79 Å². The molecule has 3 rings (SSSR count). The summed E-state index contributed by atoms with van der Waals surface area (Å²) in [5.74, 6) is 0.871. The van der Waals surface area contributed by atoms with E-state index in [0.717, 1.165) is 11.3 Å². The molecule has 0 spiro atoms. The van der Waals surface area contributed by atoms with Gasteiger partial charge in [-0.1, -0.05) is 18.2 Å². The van der Waals surface area contributed by atoms with E-state index in [4.69, 9.17) is 4.74 Å². The molecule has 1 aliphatic heterocycles. The lowest BCUT2D eigenvalue weighted by Gasteiger charge is -2.08. The minimum absolute atomic E-state index is 0.0000463. The Hall–Kier alpha value is -1.97. The minimum Gasteiger partial charge on any atom is -0.491 e. The van der Waals surface area contributed by atoms with Gasteiger partial charge < -0.3 is 9.72 Å². The maximum Gasteiger partial charge on any atom is 0.326 e. The van der Waals surface area contributed by atoms with Gasteiger partial charge in [-0.15, -0.1) is 0 Å². The molecule has 2 aromatic rings. The number of nitrogens with one attached hydrogen (secondary N) is 1. The summed E-state index contributed by atoms with van der Waals surface area (Å²) < 4.78 is 7.17. The van der Waals surface area contributed by atoms with E-state index < -0.39 is 0 Å². The molecular weight excluding hydrogens is 192 g/mol. The van der Waals surface area contributed by atoms with Crippen molar-refractivity contribution in [3.8, 4) is 5.75 Å². The normalized spacial score (nSPS) is 18.5. The first-order valence-corrected chi connectivity index (χ1v) is 4.83. The average Bonchev–Trinajstić information content (AvgIpc) is 2.83. The zero-order valence-electron chi connectivity index (χ0n) is 8.01. The van der Waals surface area contributed by atoms with Crippen molar-refractivity contribution in [3.63, 3.8) is 0 Å². The van der Waals surface area contributed by atoms with Crippen molar-refractivity contribution in [1.82, 2.24) is 9.55 Å². The number of aromatic nitrogens is 2. The fraction of sp³-hybridized carbons (Fsp3) is 0.182. The highest BCUT2D eigenvalue weighted by molar-refractivity contribution is 5.39. The summed E-state index contributed by atoms with van der Waals surface area (Å²) in [5.41, 5.74) is 0.972. The Morgan fingerprint density at radius 3 is 3.07 bits per heavy atom. The summed E-state index contributed by atoms with van der Waals surface area (Å²) >= 11 is 0. The molecule has 1 unspecified atom stereocenters. The zero-order valence-corrected chi connectivity index (χ0v) is 8.01. The van der Waals surface area contributed by atoms with Crippen LogP contribution in [0.2, 0.25) is 0 Å². The molecule has 0 fully saturated rings. The fourth-order valence-electron chi connectivity index (χ4n) is 1.95. The van der Waals surface area contributed by atoms with Crippen LogP contribution in [0.25, 0.3) is 0 Å². The second-order valence-corrected chi connectivity index (χ2v) is 3.54. The topological polar surface area (TPSA) is 47.0 Å². The van der Waals surface area contributed by atoms with Crippen LogP contribution in [0.3, 0.4) is 0 Å². The molecule has 1 atom stereocenters. The van der Waals surface area contributed by atoms with Crippen molar-refractivity contribution >= 4 is 0 Å². The molecule has 4 heteroatoms. The van der Waals surface area contributed by atoms with Crippen LogP contribution in [0.4, 0.5) is 0 Å². The lowest BCUT2D eigenvalue weighted by molar-refractivity contribution is 0.314. The third-order valence-corrected chi connectivity index (χ3v) is 2.69. The van der Waals surface area contributed by atoms with Crippen LogP contribution in [-0.4, -0.2) is 16.2 Å². The smallest absolute Gasteiger partial charge is 0.326 e. The molecule has 1 N–H and O–H groups in total. The number of aromatic amines is 1. The van der Waals surface area contributed by atoms with Crippen LogP contribution in [0.15, 0.2) is 41.5 Å². The van der Waals surface area contributed by atoms with Crippen LogP contribution in [0, 0.1) is 0 Å². The molecule has 0 amide bonds. The Labute approximate surface area is 86.1 Å². The van der Waals surface area contributed by atoms with E-state index in [1.54, 1.807) is 17.0 Å². The molecule has 0 bridgehead atoms. The zero-order chi connectivity index (χ0) is 10.3. The largest absolute Gasteiger partial charge is 0.491 e. The highest BCUT2D eigenvalue weighted by atomic mass is 16.5. The van der Waals surface area contributed by atoms with Gasteiger partial charge in [-0.2, -0.15) is 0 Å². The number of imidazole rings is 1. The Morgan fingerprint density at radius 2 is 2.27 bits per heavy atom. The molecule has 15 heavy (non-hydrogen) atoms. The fourth-order valence-corrected chi connectivity index (χ4v) is 1.95. The quantitative estimate of drug-likeness (QED) is 0.754. The first-order chi connectivity index (χ1) is 7.36. The number of para-hydroxylation sites is 1. The summed E-state index contributed by atoms with van der Waals surface area (Å²) in [6.07, 6.45) is 3.39. The molecule has 76 valence electrons. The summed E-state index contributed by atoms with van der Waals surface area (Å²) in [4.78, 5) is 14.1. The van der Waals surface area contributed by atoms with Crippen LogP contribution in [0.5, 0.6) is 5.75 Å². The van der Waals surface area contributed by atoms with E-state index in [1.165, 1.54) is 0 Å². The first kappa shape index (κ1) is 8.35. The van der Waals surface area contributed by atoms with Gasteiger partial charge in [0.05, 0.1) is 0 Å². The van der Waals surface area contributed by atoms with Crippen LogP contribution < -0.4 is 10.4 Å². The molecule has 0 saturated heterocycles. The Morgan fingerprint density at radius 1 is 1.40 bits per heavy atom. The van der Waals surface area contributed by atoms with Crippen LogP contribution >= 0.6 is 0 Å². The second-order valence-electron chi connectivity index (χ2n) is 3.54. The third kappa shape index (κ3) is 1.18. The first-order valence-electron chi connectivity index (χ1n) is 4.83. The van der Waals surface area contributed by atoms with Crippen molar-refractivity contribution in [3.05, 3.63) is 52.7 Å². The van der Waals surface area contributed by atoms with Gasteiger partial charge in [-0.3, -0.25) is 4.57 Å². The van der Waals surface area contributed by atoms with E-state index in [2.05, 4.69) is 4.98 Å². The number of hydrogen-bond donors (Lipinski definition) is 1. The molecule has 0 radical (unpaired) electrons. The highest BCUT2D eigenvalue weighted by Gasteiger charge is 2.25.